The first-order valence-electron chi connectivity index (χ1n) is 16.3. The second-order valence-electron chi connectivity index (χ2n) is 12.6. The van der Waals surface area contributed by atoms with Crippen LogP contribution in [0.2, 0.25) is 8.26 Å². The Labute approximate surface area is 263 Å². The zero-order valence-corrected chi connectivity index (χ0v) is 29.6. The SMILES string of the molecule is CCCCc1ccc(CCCC)c2c1C=C[CH]2[Zr+2]1([CH]2C=Cc3c(CCCC)ccc(CCCC)c32)[CH2]C[CH2]1.[Cl-].[Cl-]. The number of aryl methyl sites for hydroxylation is 4. The number of benzene rings is 2. The van der Waals surface area contributed by atoms with Gasteiger partial charge in [0.25, 0.3) is 0 Å². The third-order valence-electron chi connectivity index (χ3n) is 10.2. The average molecular weight is 659 g/mol. The number of halogens is 2. The van der Waals surface area contributed by atoms with Gasteiger partial charge in [0, 0.05) is 0 Å². The molecule has 0 nitrogen and oxygen atoms in total. The maximum absolute atomic E-state index is 2.75. The van der Waals surface area contributed by atoms with Gasteiger partial charge in [0.05, 0.1) is 0 Å². The van der Waals surface area contributed by atoms with Crippen molar-refractivity contribution < 1.29 is 45.1 Å². The number of unbranched alkanes of at least 4 members (excludes halogenated alkanes) is 4. The molecule has 0 saturated carbocycles. The van der Waals surface area contributed by atoms with E-state index in [4.69, 9.17) is 0 Å². The monoisotopic (exact) mass is 656 g/mol. The molecule has 0 bridgehead atoms. The smallest absolute Gasteiger partial charge is 1.00 e. The molecule has 2 unspecified atom stereocenters. The normalized spacial score (nSPS) is 18.7. The Bertz CT molecular complexity index is 1090. The molecule has 1 fully saturated rings. The summed E-state index contributed by atoms with van der Waals surface area (Å²) in [7, 11) is 0. The van der Waals surface area contributed by atoms with Gasteiger partial charge in [-0.1, -0.05) is 0 Å². The van der Waals surface area contributed by atoms with Crippen molar-refractivity contribution in [1.82, 2.24) is 0 Å². The van der Waals surface area contributed by atoms with Crippen molar-refractivity contribution >= 4 is 12.2 Å². The van der Waals surface area contributed by atoms with Crippen LogP contribution in [0.1, 0.15) is 137 Å². The van der Waals surface area contributed by atoms with E-state index >= 15 is 0 Å². The Morgan fingerprint density at radius 1 is 0.550 bits per heavy atom. The van der Waals surface area contributed by atoms with Crippen molar-refractivity contribution in [2.75, 3.05) is 0 Å². The van der Waals surface area contributed by atoms with Crippen LogP contribution < -0.4 is 24.8 Å². The number of allylic oxidation sites excluding steroid dienone is 2. The Morgan fingerprint density at radius 2 is 0.900 bits per heavy atom. The van der Waals surface area contributed by atoms with E-state index in [1.165, 1.54) is 83.5 Å². The van der Waals surface area contributed by atoms with Crippen LogP contribution in [0, 0.1) is 0 Å². The predicted molar refractivity (Wildman–Crippen MR) is 165 cm³/mol. The second-order valence-corrected chi connectivity index (χ2v) is 24.2. The van der Waals surface area contributed by atoms with E-state index in [0.717, 1.165) is 7.25 Å². The summed E-state index contributed by atoms with van der Waals surface area (Å²) >= 11 is -2.60. The Kier molecular flexibility index (Phi) is 13.3. The van der Waals surface area contributed by atoms with Crippen LogP contribution in [0.5, 0.6) is 0 Å². The van der Waals surface area contributed by atoms with Crippen LogP contribution in [0.3, 0.4) is 0 Å². The van der Waals surface area contributed by atoms with Gasteiger partial charge in [0.2, 0.25) is 0 Å². The standard InChI is InChI=1S/2C17H23.C3H6.2ClH.Zr/c2*1-3-5-8-14-12-13-15(9-6-4-2)17-11-7-10-16(14)17;1-3-2;;;/h2*7,10-13H,3-6,8-9H2,1-2H3;1-3H2;2*1H;/q;;;;;+2/p-2. The molecule has 0 aromatic heterocycles. The van der Waals surface area contributed by atoms with E-state index in [2.05, 4.69) is 76.3 Å². The Balaban J connectivity index is 0.00000220. The molecule has 2 aromatic carbocycles. The Morgan fingerprint density at radius 3 is 1.23 bits per heavy atom. The molecule has 0 N–H and O–H groups in total. The topological polar surface area (TPSA) is 0 Å². The molecular formula is C37H52Cl2Zr. The minimum Gasteiger partial charge on any atom is -1.00 e. The molecule has 40 heavy (non-hydrogen) atoms. The third-order valence-corrected chi connectivity index (χ3v) is 25.0. The summed E-state index contributed by atoms with van der Waals surface area (Å²) in [6, 6.07) is 10.1. The fourth-order valence-corrected chi connectivity index (χ4v) is 21.6. The number of hydrogen-bond donors (Lipinski definition) is 0. The van der Waals surface area contributed by atoms with E-state index in [0.29, 0.717) is 0 Å². The molecule has 218 valence electrons. The van der Waals surface area contributed by atoms with Gasteiger partial charge in [-0.05, 0) is 0 Å². The maximum Gasteiger partial charge on any atom is -1.00 e. The van der Waals surface area contributed by atoms with Gasteiger partial charge in [-0.3, -0.25) is 0 Å². The fraction of sp³-hybridized carbons (Fsp3) is 0.568. The number of fused-ring (bicyclic) bond motifs is 2. The molecule has 1 heterocycles. The van der Waals surface area contributed by atoms with Gasteiger partial charge in [-0.25, -0.2) is 0 Å². The molecule has 3 heteroatoms. The zero-order chi connectivity index (χ0) is 26.5. The summed E-state index contributed by atoms with van der Waals surface area (Å²) in [5, 5.41) is 0. The van der Waals surface area contributed by atoms with Crippen LogP contribution >= 0.6 is 0 Å². The largest absolute Gasteiger partial charge is 1.00 e. The summed E-state index contributed by atoms with van der Waals surface area (Å²) in [6.45, 7) is 9.38. The van der Waals surface area contributed by atoms with Gasteiger partial charge in [0.15, 0.2) is 0 Å². The van der Waals surface area contributed by atoms with E-state index in [9.17, 15) is 0 Å². The minimum absolute atomic E-state index is 0. The van der Waals surface area contributed by atoms with Gasteiger partial charge >= 0.3 is 240 Å². The zero-order valence-electron chi connectivity index (χ0n) is 25.6. The summed E-state index contributed by atoms with van der Waals surface area (Å²) in [5.41, 5.74) is 13.6. The second kappa shape index (κ2) is 15.7. The molecule has 1 saturated heterocycles. The summed E-state index contributed by atoms with van der Waals surface area (Å²) in [4.78, 5) is 0. The van der Waals surface area contributed by atoms with E-state index in [-0.39, 0.29) is 24.8 Å². The molecule has 0 spiro atoms. The molecule has 0 amide bonds. The van der Waals surface area contributed by atoms with E-state index in [1.54, 1.807) is 41.6 Å². The van der Waals surface area contributed by atoms with Gasteiger partial charge < -0.3 is 24.8 Å². The van der Waals surface area contributed by atoms with Crippen LogP contribution in [0.15, 0.2) is 36.4 Å². The molecule has 5 rings (SSSR count). The number of hydrogen-bond acceptors (Lipinski definition) is 0. The molecule has 2 aromatic rings. The average Bonchev–Trinajstić information content (AvgIpc) is 3.55. The van der Waals surface area contributed by atoms with Crippen molar-refractivity contribution in [2.24, 2.45) is 0 Å². The number of rotatable bonds is 14. The van der Waals surface area contributed by atoms with E-state index in [1.807, 2.05) is 11.1 Å². The quantitative estimate of drug-likeness (QED) is 0.259. The molecule has 0 radical (unpaired) electrons. The van der Waals surface area contributed by atoms with Crippen molar-refractivity contribution in [3.05, 3.63) is 80.9 Å². The first kappa shape index (κ1) is 33.9. The van der Waals surface area contributed by atoms with Crippen LogP contribution in [-0.4, -0.2) is 0 Å². The maximum atomic E-state index is 2.75. The molecular weight excluding hydrogens is 607 g/mol. The minimum atomic E-state index is -2.60. The summed E-state index contributed by atoms with van der Waals surface area (Å²) < 4.78 is 4.72. The summed E-state index contributed by atoms with van der Waals surface area (Å²) in [5.74, 6) is 0. The van der Waals surface area contributed by atoms with Crippen molar-refractivity contribution in [2.45, 2.75) is 127 Å². The first-order valence-corrected chi connectivity index (χ1v) is 22.7. The third kappa shape index (κ3) is 6.48. The van der Waals surface area contributed by atoms with E-state index < -0.39 is 20.3 Å². The van der Waals surface area contributed by atoms with Crippen molar-refractivity contribution in [3.8, 4) is 0 Å². The predicted octanol–water partition coefficient (Wildman–Crippen LogP) is 5.30. The van der Waals surface area contributed by atoms with Crippen LogP contribution in [-0.2, 0) is 45.9 Å². The Hall–Kier alpha value is -0.617. The van der Waals surface area contributed by atoms with Crippen molar-refractivity contribution in [1.29, 1.82) is 0 Å². The van der Waals surface area contributed by atoms with Gasteiger partial charge in [-0.2, -0.15) is 0 Å². The molecule has 1 aliphatic heterocycles. The summed E-state index contributed by atoms with van der Waals surface area (Å²) in [6.07, 6.45) is 27.7. The van der Waals surface area contributed by atoms with Gasteiger partial charge in [0.1, 0.15) is 0 Å². The molecule has 2 atom stereocenters. The molecule has 2 aliphatic carbocycles. The first-order chi connectivity index (χ1) is 18.7. The van der Waals surface area contributed by atoms with Crippen LogP contribution in [0.25, 0.3) is 12.2 Å². The fourth-order valence-electron chi connectivity index (χ4n) is 7.86. The van der Waals surface area contributed by atoms with Gasteiger partial charge in [-0.15, -0.1) is 0 Å². The van der Waals surface area contributed by atoms with Crippen LogP contribution in [0.4, 0.5) is 0 Å². The van der Waals surface area contributed by atoms with Crippen molar-refractivity contribution in [3.63, 3.8) is 0 Å². The molecule has 3 aliphatic rings.